The second-order valence-corrected chi connectivity index (χ2v) is 8.73. The standard InChI is InChI=1S/C19H23N5O5S/c1-19(28)14(26)10(7-25)29-18(19)24-6-9(13-15(20)21-8-22-16(13)24)11-4-5-12(30-11)17(27)23(2)3/h4-6,8,10,14,18,25-26,28H,7H2,1-3H3,(H2,20,21,22)/t10?,14?,18-,19+/m1/s1. The number of nitrogen functional groups attached to an aromatic ring is 1. The summed E-state index contributed by atoms with van der Waals surface area (Å²) < 4.78 is 7.33. The lowest BCUT2D eigenvalue weighted by Crippen LogP contribution is -2.44. The van der Waals surface area contributed by atoms with Crippen LogP contribution in [-0.2, 0) is 4.74 Å². The van der Waals surface area contributed by atoms with E-state index < -0.39 is 30.6 Å². The average molecular weight is 433 g/mol. The van der Waals surface area contributed by atoms with E-state index in [0.717, 1.165) is 4.88 Å². The number of hydrogen-bond acceptors (Lipinski definition) is 9. The highest BCUT2D eigenvalue weighted by molar-refractivity contribution is 7.17. The Bertz CT molecular complexity index is 1110. The summed E-state index contributed by atoms with van der Waals surface area (Å²) in [5, 5.41) is 31.3. The normalized spacial score (nSPS) is 26.4. The highest BCUT2D eigenvalue weighted by Gasteiger charge is 2.53. The Balaban J connectivity index is 1.87. The molecule has 5 N–H and O–H groups in total. The molecule has 30 heavy (non-hydrogen) atoms. The zero-order valence-corrected chi connectivity index (χ0v) is 17.5. The average Bonchev–Trinajstić information content (AvgIpc) is 3.38. The minimum absolute atomic E-state index is 0.116. The predicted molar refractivity (Wildman–Crippen MR) is 111 cm³/mol. The fraction of sp³-hybridized carbons (Fsp3) is 0.421. The Hall–Kier alpha value is -2.57. The molecule has 0 radical (unpaired) electrons. The van der Waals surface area contributed by atoms with E-state index in [1.807, 2.05) is 6.07 Å². The largest absolute Gasteiger partial charge is 0.394 e. The van der Waals surface area contributed by atoms with E-state index in [1.165, 1.54) is 29.5 Å². The number of nitrogens with zero attached hydrogens (tertiary/aromatic N) is 4. The van der Waals surface area contributed by atoms with Crippen LogP contribution >= 0.6 is 11.3 Å². The summed E-state index contributed by atoms with van der Waals surface area (Å²) in [6, 6.07) is 3.55. The molecule has 3 aromatic heterocycles. The first-order valence-electron chi connectivity index (χ1n) is 9.26. The summed E-state index contributed by atoms with van der Waals surface area (Å²) in [7, 11) is 3.36. The molecule has 1 amide bonds. The van der Waals surface area contributed by atoms with Gasteiger partial charge in [0.2, 0.25) is 0 Å². The fourth-order valence-electron chi connectivity index (χ4n) is 3.68. The number of carbonyl (C=O) groups excluding carboxylic acids is 1. The molecule has 0 spiro atoms. The second-order valence-electron chi connectivity index (χ2n) is 7.65. The fourth-order valence-corrected chi connectivity index (χ4v) is 4.73. The predicted octanol–water partition coefficient (Wildman–Crippen LogP) is 0.445. The van der Waals surface area contributed by atoms with Crippen molar-refractivity contribution in [3.8, 4) is 10.4 Å². The van der Waals surface area contributed by atoms with Crippen LogP contribution in [0, 0.1) is 0 Å². The summed E-state index contributed by atoms with van der Waals surface area (Å²) in [5.74, 6) is 0.120. The third kappa shape index (κ3) is 3.06. The van der Waals surface area contributed by atoms with E-state index >= 15 is 0 Å². The number of ether oxygens (including phenoxy) is 1. The molecule has 1 saturated heterocycles. The summed E-state index contributed by atoms with van der Waals surface area (Å²) >= 11 is 1.30. The first-order valence-corrected chi connectivity index (χ1v) is 10.1. The summed E-state index contributed by atoms with van der Waals surface area (Å²) in [4.78, 5) is 23.5. The number of aromatic nitrogens is 3. The number of nitrogens with two attached hydrogens (primary N) is 1. The molecule has 4 heterocycles. The number of carbonyl (C=O) groups is 1. The molecule has 11 heteroatoms. The van der Waals surface area contributed by atoms with Gasteiger partial charge in [-0.05, 0) is 19.1 Å². The molecule has 0 aliphatic carbocycles. The van der Waals surface area contributed by atoms with Crippen LogP contribution < -0.4 is 5.73 Å². The maximum absolute atomic E-state index is 12.3. The van der Waals surface area contributed by atoms with E-state index in [1.54, 1.807) is 30.9 Å². The zero-order chi connectivity index (χ0) is 21.8. The van der Waals surface area contributed by atoms with Crippen molar-refractivity contribution in [2.24, 2.45) is 0 Å². The number of aliphatic hydroxyl groups is 3. The number of fused-ring (bicyclic) bond motifs is 1. The molecule has 160 valence electrons. The van der Waals surface area contributed by atoms with Crippen molar-refractivity contribution in [1.29, 1.82) is 0 Å². The first-order chi connectivity index (χ1) is 14.2. The number of aliphatic hydroxyl groups excluding tert-OH is 2. The topological polar surface area (TPSA) is 147 Å². The smallest absolute Gasteiger partial charge is 0.263 e. The van der Waals surface area contributed by atoms with Gasteiger partial charge >= 0.3 is 0 Å². The van der Waals surface area contributed by atoms with Crippen LogP contribution in [0.3, 0.4) is 0 Å². The van der Waals surface area contributed by atoms with Gasteiger partial charge in [0.15, 0.2) is 6.23 Å². The number of anilines is 1. The van der Waals surface area contributed by atoms with Gasteiger partial charge in [0.25, 0.3) is 5.91 Å². The third-order valence-corrected chi connectivity index (χ3v) is 6.42. The van der Waals surface area contributed by atoms with Crippen LogP contribution in [-0.4, -0.2) is 79.2 Å². The number of rotatable bonds is 4. The quantitative estimate of drug-likeness (QED) is 0.464. The minimum atomic E-state index is -1.68. The second kappa shape index (κ2) is 7.29. The van der Waals surface area contributed by atoms with Crippen LogP contribution in [0.25, 0.3) is 21.5 Å². The van der Waals surface area contributed by atoms with Gasteiger partial charge in [-0.25, -0.2) is 9.97 Å². The monoisotopic (exact) mass is 433 g/mol. The van der Waals surface area contributed by atoms with Crippen LogP contribution in [0.1, 0.15) is 22.8 Å². The third-order valence-electron chi connectivity index (χ3n) is 5.31. The SMILES string of the molecule is CN(C)C(=O)c1ccc(-c2cn([C@@H]3OC(CO)C(O)[C@]3(C)O)c3ncnc(N)c23)s1. The van der Waals surface area contributed by atoms with Gasteiger partial charge < -0.3 is 35.3 Å². The zero-order valence-electron chi connectivity index (χ0n) is 16.7. The molecule has 1 fully saturated rings. The van der Waals surface area contributed by atoms with Crippen molar-refractivity contribution in [3.05, 3.63) is 29.5 Å². The molecule has 0 bridgehead atoms. The van der Waals surface area contributed by atoms with Gasteiger partial charge in [-0.1, -0.05) is 0 Å². The molecule has 0 saturated carbocycles. The minimum Gasteiger partial charge on any atom is -0.394 e. The van der Waals surface area contributed by atoms with Crippen molar-refractivity contribution < 1.29 is 24.9 Å². The molecule has 10 nitrogen and oxygen atoms in total. The van der Waals surface area contributed by atoms with Gasteiger partial charge in [-0.3, -0.25) is 4.79 Å². The van der Waals surface area contributed by atoms with E-state index in [4.69, 9.17) is 10.5 Å². The highest BCUT2D eigenvalue weighted by atomic mass is 32.1. The van der Waals surface area contributed by atoms with Crippen molar-refractivity contribution in [1.82, 2.24) is 19.4 Å². The summed E-state index contributed by atoms with van der Waals surface area (Å²) in [6.45, 7) is 0.991. The van der Waals surface area contributed by atoms with Crippen LogP contribution in [0.4, 0.5) is 5.82 Å². The Morgan fingerprint density at radius 1 is 1.40 bits per heavy atom. The molecule has 1 aliphatic heterocycles. The first kappa shape index (κ1) is 20.7. The summed E-state index contributed by atoms with van der Waals surface area (Å²) in [5.41, 5.74) is 5.54. The Morgan fingerprint density at radius 2 is 2.13 bits per heavy atom. The Kier molecular flexibility index (Phi) is 5.03. The van der Waals surface area contributed by atoms with Gasteiger partial charge in [-0.15, -0.1) is 11.3 Å². The van der Waals surface area contributed by atoms with Gasteiger partial charge in [0, 0.05) is 30.7 Å². The van der Waals surface area contributed by atoms with Crippen LogP contribution in [0.2, 0.25) is 0 Å². The molecule has 3 aromatic rings. The Morgan fingerprint density at radius 3 is 2.77 bits per heavy atom. The Labute approximate surface area is 176 Å². The van der Waals surface area contributed by atoms with Crippen molar-refractivity contribution >= 4 is 34.1 Å². The summed E-state index contributed by atoms with van der Waals surface area (Å²) in [6.07, 6.45) is -0.249. The molecule has 1 aliphatic rings. The van der Waals surface area contributed by atoms with Gasteiger partial charge in [-0.2, -0.15) is 0 Å². The molecule has 2 unspecified atom stereocenters. The van der Waals surface area contributed by atoms with E-state index in [9.17, 15) is 20.1 Å². The number of hydrogen-bond donors (Lipinski definition) is 4. The van der Waals surface area contributed by atoms with Gasteiger partial charge in [0.05, 0.1) is 16.9 Å². The lowest BCUT2D eigenvalue weighted by molar-refractivity contribution is -0.0948. The maximum Gasteiger partial charge on any atom is 0.263 e. The molecule has 4 rings (SSSR count). The lowest BCUT2D eigenvalue weighted by Gasteiger charge is -2.27. The molecule has 0 aromatic carbocycles. The molecular formula is C19H23N5O5S. The maximum atomic E-state index is 12.3. The van der Waals surface area contributed by atoms with E-state index in [-0.39, 0.29) is 11.7 Å². The van der Waals surface area contributed by atoms with Gasteiger partial charge in [0.1, 0.15) is 35.6 Å². The molecule has 4 atom stereocenters. The van der Waals surface area contributed by atoms with Crippen LogP contribution in [0.15, 0.2) is 24.7 Å². The molecular weight excluding hydrogens is 410 g/mol. The van der Waals surface area contributed by atoms with Crippen molar-refractivity contribution in [2.75, 3.05) is 26.4 Å². The van der Waals surface area contributed by atoms with Crippen molar-refractivity contribution in [2.45, 2.75) is 31.0 Å². The highest BCUT2D eigenvalue weighted by Crippen LogP contribution is 2.43. The van der Waals surface area contributed by atoms with E-state index in [0.29, 0.717) is 21.5 Å². The van der Waals surface area contributed by atoms with Crippen LogP contribution in [0.5, 0.6) is 0 Å². The number of thiophene rings is 1. The van der Waals surface area contributed by atoms with E-state index in [2.05, 4.69) is 9.97 Å². The number of amides is 1. The lowest BCUT2D eigenvalue weighted by atomic mass is 9.96. The van der Waals surface area contributed by atoms with Crippen molar-refractivity contribution in [3.63, 3.8) is 0 Å².